The summed E-state index contributed by atoms with van der Waals surface area (Å²) in [6.45, 7) is 1.72. The van der Waals surface area contributed by atoms with Gasteiger partial charge in [-0.1, -0.05) is 38.3 Å². The van der Waals surface area contributed by atoms with Crippen LogP contribution in [-0.2, 0) is 4.79 Å². The number of hydrogen-bond donors (Lipinski definition) is 0. The number of halogens is 2. The van der Waals surface area contributed by atoms with Crippen molar-refractivity contribution in [2.45, 2.75) is 37.4 Å². The summed E-state index contributed by atoms with van der Waals surface area (Å²) in [5, 5.41) is 1.02. The van der Waals surface area contributed by atoms with Crippen molar-refractivity contribution < 1.29 is 4.79 Å². The van der Waals surface area contributed by atoms with Crippen LogP contribution < -0.4 is 0 Å². The number of carbonyl (C=O) groups is 1. The first kappa shape index (κ1) is 11.7. The van der Waals surface area contributed by atoms with Gasteiger partial charge in [0.1, 0.15) is 5.78 Å². The molecule has 0 amide bonds. The molecule has 0 spiro atoms. The standard InChI is InChI=1S/C10H16Br2O/c1-7(13)10-5-8(10)3-2-4-9(12)6-11/h8-10H,2-6H2,1H3/t8-,9?,10+/m1/s1. The number of carbonyl (C=O) groups excluding carboxylic acids is 1. The van der Waals surface area contributed by atoms with Crippen molar-refractivity contribution >= 4 is 37.6 Å². The third kappa shape index (κ3) is 4.11. The number of ketones is 1. The molecule has 0 heterocycles. The molecule has 0 aromatic carbocycles. The van der Waals surface area contributed by atoms with Gasteiger partial charge in [-0.3, -0.25) is 4.79 Å². The Morgan fingerprint density at radius 1 is 1.62 bits per heavy atom. The van der Waals surface area contributed by atoms with Gasteiger partial charge in [-0.2, -0.15) is 0 Å². The smallest absolute Gasteiger partial charge is 0.133 e. The van der Waals surface area contributed by atoms with E-state index in [0.29, 0.717) is 22.4 Å². The molecular formula is C10H16Br2O. The topological polar surface area (TPSA) is 17.1 Å². The van der Waals surface area contributed by atoms with Gasteiger partial charge in [0.25, 0.3) is 0 Å². The van der Waals surface area contributed by atoms with E-state index in [-0.39, 0.29) is 0 Å². The summed E-state index contributed by atoms with van der Waals surface area (Å²) in [5.74, 6) is 1.52. The summed E-state index contributed by atoms with van der Waals surface area (Å²) >= 11 is 7.01. The van der Waals surface area contributed by atoms with E-state index in [1.807, 2.05) is 0 Å². The lowest BCUT2D eigenvalue weighted by Gasteiger charge is -2.04. The van der Waals surface area contributed by atoms with Gasteiger partial charge in [-0.15, -0.1) is 0 Å². The summed E-state index contributed by atoms with van der Waals surface area (Å²) in [4.78, 5) is 11.6. The van der Waals surface area contributed by atoms with Crippen LogP contribution in [0.5, 0.6) is 0 Å². The largest absolute Gasteiger partial charge is 0.300 e. The summed E-state index contributed by atoms with van der Waals surface area (Å²) in [6, 6.07) is 0. The lowest BCUT2D eigenvalue weighted by molar-refractivity contribution is -0.118. The highest BCUT2D eigenvalue weighted by molar-refractivity contribution is 9.12. The Balaban J connectivity index is 2.00. The molecule has 1 aliphatic rings. The highest BCUT2D eigenvalue weighted by Crippen LogP contribution is 2.43. The van der Waals surface area contributed by atoms with Crippen molar-refractivity contribution in [1.29, 1.82) is 0 Å². The van der Waals surface area contributed by atoms with Gasteiger partial charge in [-0.25, -0.2) is 0 Å². The Hall–Kier alpha value is 0.630. The van der Waals surface area contributed by atoms with Crippen LogP contribution in [0.15, 0.2) is 0 Å². The molecule has 13 heavy (non-hydrogen) atoms. The third-order valence-corrected chi connectivity index (χ3v) is 5.14. The van der Waals surface area contributed by atoms with Gasteiger partial charge in [0, 0.05) is 16.1 Å². The maximum Gasteiger partial charge on any atom is 0.133 e. The van der Waals surface area contributed by atoms with Gasteiger partial charge in [0.05, 0.1) is 0 Å². The first-order valence-electron chi connectivity index (χ1n) is 4.85. The van der Waals surface area contributed by atoms with E-state index in [9.17, 15) is 4.79 Å². The van der Waals surface area contributed by atoms with Crippen molar-refractivity contribution in [3.63, 3.8) is 0 Å². The highest BCUT2D eigenvalue weighted by atomic mass is 79.9. The van der Waals surface area contributed by atoms with Crippen molar-refractivity contribution in [1.82, 2.24) is 0 Å². The van der Waals surface area contributed by atoms with E-state index in [1.165, 1.54) is 19.3 Å². The maximum atomic E-state index is 11.0. The molecule has 0 saturated heterocycles. The van der Waals surface area contributed by atoms with E-state index in [4.69, 9.17) is 0 Å². The predicted octanol–water partition coefficient (Wildman–Crippen LogP) is 3.54. The maximum absolute atomic E-state index is 11.0. The molecule has 1 unspecified atom stereocenters. The van der Waals surface area contributed by atoms with Crippen molar-refractivity contribution in [3.8, 4) is 0 Å². The summed E-state index contributed by atoms with van der Waals surface area (Å²) < 4.78 is 0. The van der Waals surface area contributed by atoms with Crippen molar-refractivity contribution in [2.75, 3.05) is 5.33 Å². The van der Waals surface area contributed by atoms with E-state index < -0.39 is 0 Å². The minimum absolute atomic E-state index is 0.390. The second kappa shape index (κ2) is 5.50. The van der Waals surface area contributed by atoms with Gasteiger partial charge < -0.3 is 0 Å². The molecule has 0 aliphatic heterocycles. The van der Waals surface area contributed by atoms with Crippen LogP contribution in [0.2, 0.25) is 0 Å². The van der Waals surface area contributed by atoms with Gasteiger partial charge in [-0.05, 0) is 32.1 Å². The van der Waals surface area contributed by atoms with Crippen LogP contribution in [0, 0.1) is 11.8 Å². The molecule has 1 aliphatic carbocycles. The molecule has 1 nitrogen and oxygen atoms in total. The number of hydrogen-bond acceptors (Lipinski definition) is 1. The zero-order valence-corrected chi connectivity index (χ0v) is 11.1. The molecule has 0 radical (unpaired) electrons. The average molecular weight is 312 g/mol. The number of alkyl halides is 2. The summed E-state index contributed by atoms with van der Waals surface area (Å²) in [6.07, 6.45) is 4.85. The fraction of sp³-hybridized carbons (Fsp3) is 0.900. The molecular weight excluding hydrogens is 296 g/mol. The zero-order chi connectivity index (χ0) is 9.84. The monoisotopic (exact) mass is 310 g/mol. The first-order chi connectivity index (χ1) is 6.15. The Kier molecular flexibility index (Phi) is 4.95. The molecule has 0 aromatic rings. The summed E-state index contributed by atoms with van der Waals surface area (Å²) in [5.41, 5.74) is 0. The second-order valence-corrected chi connectivity index (χ2v) is 5.84. The third-order valence-electron chi connectivity index (χ3n) is 2.70. The fourth-order valence-corrected chi connectivity index (χ4v) is 2.39. The van der Waals surface area contributed by atoms with Crippen molar-refractivity contribution in [3.05, 3.63) is 0 Å². The zero-order valence-electron chi connectivity index (χ0n) is 7.93. The van der Waals surface area contributed by atoms with Crippen LogP contribution in [0.25, 0.3) is 0 Å². The second-order valence-electron chi connectivity index (χ2n) is 3.90. The Morgan fingerprint density at radius 3 is 2.77 bits per heavy atom. The van der Waals surface area contributed by atoms with Crippen LogP contribution in [0.3, 0.4) is 0 Å². The highest BCUT2D eigenvalue weighted by Gasteiger charge is 2.39. The van der Waals surface area contributed by atoms with Crippen LogP contribution in [-0.4, -0.2) is 15.9 Å². The van der Waals surface area contributed by atoms with Crippen LogP contribution in [0.1, 0.15) is 32.6 Å². The number of rotatable bonds is 6. The van der Waals surface area contributed by atoms with Crippen molar-refractivity contribution in [2.24, 2.45) is 11.8 Å². The normalized spacial score (nSPS) is 28.5. The minimum Gasteiger partial charge on any atom is -0.300 e. The molecule has 3 atom stereocenters. The van der Waals surface area contributed by atoms with E-state index in [0.717, 1.165) is 11.8 Å². The minimum atomic E-state index is 0.390. The molecule has 3 heteroatoms. The Bertz CT molecular complexity index is 182. The predicted molar refractivity (Wildman–Crippen MR) is 62.6 cm³/mol. The SMILES string of the molecule is CC(=O)[C@@H]1C[C@H]1CCCC(Br)CBr. The van der Waals surface area contributed by atoms with Gasteiger partial charge >= 0.3 is 0 Å². The Morgan fingerprint density at radius 2 is 2.31 bits per heavy atom. The number of Topliss-reactive ketones (excluding diaryl/α,β-unsaturated/α-hetero) is 1. The average Bonchev–Trinajstić information content (AvgIpc) is 2.83. The van der Waals surface area contributed by atoms with E-state index in [2.05, 4.69) is 31.9 Å². The Labute approximate surface area is 96.9 Å². The molecule has 0 bridgehead atoms. The lowest BCUT2D eigenvalue weighted by Crippen LogP contribution is -2.00. The quantitative estimate of drug-likeness (QED) is 0.686. The van der Waals surface area contributed by atoms with Gasteiger partial charge in [0.15, 0.2) is 0 Å². The summed E-state index contributed by atoms with van der Waals surface area (Å²) in [7, 11) is 0. The molecule has 1 fully saturated rings. The fourth-order valence-electron chi connectivity index (χ4n) is 1.74. The molecule has 1 saturated carbocycles. The van der Waals surface area contributed by atoms with Gasteiger partial charge in [0.2, 0.25) is 0 Å². The lowest BCUT2D eigenvalue weighted by atomic mass is 10.1. The first-order valence-corrected chi connectivity index (χ1v) is 6.89. The van der Waals surface area contributed by atoms with E-state index in [1.54, 1.807) is 6.92 Å². The molecule has 0 N–H and O–H groups in total. The van der Waals surface area contributed by atoms with Crippen LogP contribution in [0.4, 0.5) is 0 Å². The molecule has 1 rings (SSSR count). The van der Waals surface area contributed by atoms with E-state index >= 15 is 0 Å². The molecule has 76 valence electrons. The van der Waals surface area contributed by atoms with Crippen LogP contribution >= 0.6 is 31.9 Å². The molecule has 0 aromatic heterocycles.